The average molecular weight is 381 g/mol. The van der Waals surface area contributed by atoms with E-state index < -0.39 is 0 Å². The van der Waals surface area contributed by atoms with Crippen LogP contribution in [0, 0.1) is 0 Å². The summed E-state index contributed by atoms with van der Waals surface area (Å²) in [6.07, 6.45) is 1.06. The Bertz CT molecular complexity index is 810. The number of nitrogens with one attached hydrogen (secondary N) is 2. The molecule has 0 radical (unpaired) electrons. The van der Waals surface area contributed by atoms with Crippen LogP contribution in [0.4, 0.5) is 5.69 Å². The Morgan fingerprint density at radius 2 is 1.93 bits per heavy atom. The van der Waals surface area contributed by atoms with Gasteiger partial charge in [-0.1, -0.05) is 43.3 Å². The largest absolute Gasteiger partial charge is 0.489 e. The van der Waals surface area contributed by atoms with E-state index in [0.29, 0.717) is 37.4 Å². The number of rotatable bonds is 7. The van der Waals surface area contributed by atoms with Crippen LogP contribution in [-0.2, 0) is 16.2 Å². The summed E-state index contributed by atoms with van der Waals surface area (Å²) in [4.78, 5) is 26.3. The molecule has 2 amide bonds. The number of benzene rings is 2. The van der Waals surface area contributed by atoms with Crippen molar-refractivity contribution in [1.82, 2.24) is 10.2 Å². The molecule has 6 heteroatoms. The van der Waals surface area contributed by atoms with Gasteiger partial charge in [0.15, 0.2) is 0 Å². The maximum Gasteiger partial charge on any atom is 0.241 e. The summed E-state index contributed by atoms with van der Waals surface area (Å²) in [5, 5.41) is 5.94. The summed E-state index contributed by atoms with van der Waals surface area (Å²) < 4.78 is 5.82. The quantitative estimate of drug-likeness (QED) is 0.774. The van der Waals surface area contributed by atoms with E-state index in [2.05, 4.69) is 10.6 Å². The molecule has 1 fully saturated rings. The van der Waals surface area contributed by atoms with Crippen molar-refractivity contribution in [2.45, 2.75) is 38.5 Å². The number of likely N-dealkylation sites (tertiary alicyclic amines) is 1. The standard InChI is InChI=1S/C22H27N3O3/c1-3-21(26)23-18-13-20(25(2)14-18)22(27)24-17-10-7-11-19(12-17)28-15-16-8-5-4-6-9-16/h4-12,18,20H,3,13-15H2,1-2H3,(H,23,26)(H,24,27)/t18-,20+/m1/s1. The van der Waals surface area contributed by atoms with Crippen molar-refractivity contribution in [3.05, 3.63) is 60.2 Å². The van der Waals surface area contributed by atoms with E-state index >= 15 is 0 Å². The van der Waals surface area contributed by atoms with E-state index in [4.69, 9.17) is 4.74 Å². The third kappa shape index (κ3) is 5.33. The molecule has 0 aromatic heterocycles. The number of likely N-dealkylation sites (N-methyl/N-ethyl adjacent to an activating group) is 1. The van der Waals surface area contributed by atoms with Crippen LogP contribution in [-0.4, -0.2) is 42.4 Å². The van der Waals surface area contributed by atoms with Gasteiger partial charge in [0.1, 0.15) is 12.4 Å². The van der Waals surface area contributed by atoms with Crippen molar-refractivity contribution in [3.8, 4) is 5.75 Å². The number of hydrogen-bond donors (Lipinski definition) is 2. The van der Waals surface area contributed by atoms with Gasteiger partial charge in [-0.05, 0) is 31.2 Å². The number of hydrogen-bond acceptors (Lipinski definition) is 4. The summed E-state index contributed by atoms with van der Waals surface area (Å²) in [5.74, 6) is 0.646. The maximum absolute atomic E-state index is 12.7. The third-order valence-electron chi connectivity index (χ3n) is 4.89. The highest BCUT2D eigenvalue weighted by Gasteiger charge is 2.35. The number of amides is 2. The minimum atomic E-state index is -0.268. The van der Waals surface area contributed by atoms with Crippen LogP contribution >= 0.6 is 0 Å². The number of carbonyl (C=O) groups excluding carboxylic acids is 2. The summed E-state index contributed by atoms with van der Waals surface area (Å²) in [6.45, 7) is 2.97. The van der Waals surface area contributed by atoms with Gasteiger partial charge in [-0.3, -0.25) is 14.5 Å². The van der Waals surface area contributed by atoms with E-state index in [1.165, 1.54) is 0 Å². The summed E-state index contributed by atoms with van der Waals surface area (Å²) in [5.41, 5.74) is 1.79. The smallest absolute Gasteiger partial charge is 0.241 e. The first-order chi connectivity index (χ1) is 13.5. The van der Waals surface area contributed by atoms with Crippen molar-refractivity contribution in [2.24, 2.45) is 0 Å². The van der Waals surface area contributed by atoms with Gasteiger partial charge in [-0.25, -0.2) is 0 Å². The fourth-order valence-corrected chi connectivity index (χ4v) is 3.37. The van der Waals surface area contributed by atoms with Crippen molar-refractivity contribution in [3.63, 3.8) is 0 Å². The minimum Gasteiger partial charge on any atom is -0.489 e. The highest BCUT2D eigenvalue weighted by atomic mass is 16.5. The molecule has 0 aliphatic carbocycles. The SMILES string of the molecule is CCC(=O)N[C@@H]1C[C@@H](C(=O)Nc2cccc(OCc3ccccc3)c2)N(C)C1. The topological polar surface area (TPSA) is 70.7 Å². The molecule has 148 valence electrons. The summed E-state index contributed by atoms with van der Waals surface area (Å²) in [7, 11) is 1.90. The molecule has 2 N–H and O–H groups in total. The van der Waals surface area contributed by atoms with Gasteiger partial charge in [0, 0.05) is 30.8 Å². The van der Waals surface area contributed by atoms with E-state index in [-0.39, 0.29) is 23.9 Å². The van der Waals surface area contributed by atoms with Gasteiger partial charge in [-0.2, -0.15) is 0 Å². The maximum atomic E-state index is 12.7. The normalized spacial score (nSPS) is 19.2. The highest BCUT2D eigenvalue weighted by molar-refractivity contribution is 5.95. The van der Waals surface area contributed by atoms with Gasteiger partial charge in [0.2, 0.25) is 11.8 Å². The molecule has 1 aliphatic rings. The van der Waals surface area contributed by atoms with Gasteiger partial charge < -0.3 is 15.4 Å². The molecule has 28 heavy (non-hydrogen) atoms. The Morgan fingerprint density at radius 3 is 2.68 bits per heavy atom. The number of nitrogens with zero attached hydrogens (tertiary/aromatic N) is 1. The molecule has 2 aromatic rings. The predicted molar refractivity (Wildman–Crippen MR) is 109 cm³/mol. The van der Waals surface area contributed by atoms with E-state index in [1.807, 2.05) is 73.5 Å². The Balaban J connectivity index is 1.56. The summed E-state index contributed by atoms with van der Waals surface area (Å²) >= 11 is 0. The molecule has 3 rings (SSSR count). The van der Waals surface area contributed by atoms with Crippen molar-refractivity contribution >= 4 is 17.5 Å². The first-order valence-electron chi connectivity index (χ1n) is 9.62. The highest BCUT2D eigenvalue weighted by Crippen LogP contribution is 2.21. The molecule has 0 unspecified atom stereocenters. The van der Waals surface area contributed by atoms with E-state index in [0.717, 1.165) is 5.56 Å². The van der Waals surface area contributed by atoms with E-state index in [1.54, 1.807) is 0 Å². The monoisotopic (exact) mass is 381 g/mol. The van der Waals surface area contributed by atoms with Crippen molar-refractivity contribution in [1.29, 1.82) is 0 Å². The second-order valence-corrected chi connectivity index (χ2v) is 7.10. The first-order valence-corrected chi connectivity index (χ1v) is 9.62. The van der Waals surface area contributed by atoms with Crippen LogP contribution in [0.5, 0.6) is 5.75 Å². The molecule has 0 bridgehead atoms. The van der Waals surface area contributed by atoms with Gasteiger partial charge in [-0.15, -0.1) is 0 Å². The van der Waals surface area contributed by atoms with Crippen LogP contribution in [0.25, 0.3) is 0 Å². The number of carbonyl (C=O) groups is 2. The lowest BCUT2D eigenvalue weighted by Crippen LogP contribution is -2.37. The average Bonchev–Trinajstić information content (AvgIpc) is 3.07. The zero-order chi connectivity index (χ0) is 19.9. The lowest BCUT2D eigenvalue weighted by Gasteiger charge is -2.18. The fourth-order valence-electron chi connectivity index (χ4n) is 3.37. The molecule has 0 saturated carbocycles. The van der Waals surface area contributed by atoms with Crippen LogP contribution in [0.2, 0.25) is 0 Å². The fraction of sp³-hybridized carbons (Fsp3) is 0.364. The van der Waals surface area contributed by atoms with Crippen LogP contribution in [0.3, 0.4) is 0 Å². The Kier molecular flexibility index (Phi) is 6.66. The first kappa shape index (κ1) is 19.9. The molecular formula is C22H27N3O3. The zero-order valence-electron chi connectivity index (χ0n) is 16.4. The van der Waals surface area contributed by atoms with Crippen LogP contribution in [0.15, 0.2) is 54.6 Å². The van der Waals surface area contributed by atoms with Crippen LogP contribution < -0.4 is 15.4 Å². The Labute approximate surface area is 165 Å². The summed E-state index contributed by atoms with van der Waals surface area (Å²) in [6, 6.07) is 17.1. The molecule has 0 spiro atoms. The predicted octanol–water partition coefficient (Wildman–Crippen LogP) is 2.80. The minimum absolute atomic E-state index is 0.00809. The van der Waals surface area contributed by atoms with Crippen LogP contribution in [0.1, 0.15) is 25.3 Å². The van der Waals surface area contributed by atoms with E-state index in [9.17, 15) is 9.59 Å². The molecule has 1 aliphatic heterocycles. The second kappa shape index (κ2) is 9.37. The Morgan fingerprint density at radius 1 is 1.14 bits per heavy atom. The van der Waals surface area contributed by atoms with Crippen molar-refractivity contribution in [2.75, 3.05) is 18.9 Å². The molecule has 1 saturated heterocycles. The molecular weight excluding hydrogens is 354 g/mol. The van der Waals surface area contributed by atoms with Gasteiger partial charge >= 0.3 is 0 Å². The van der Waals surface area contributed by atoms with Gasteiger partial charge in [0.05, 0.1) is 6.04 Å². The zero-order valence-corrected chi connectivity index (χ0v) is 16.4. The Hall–Kier alpha value is -2.86. The molecule has 1 heterocycles. The molecule has 2 atom stereocenters. The lowest BCUT2D eigenvalue weighted by atomic mass is 10.1. The van der Waals surface area contributed by atoms with Crippen molar-refractivity contribution < 1.29 is 14.3 Å². The molecule has 2 aromatic carbocycles. The number of anilines is 1. The lowest BCUT2D eigenvalue weighted by molar-refractivity contribution is -0.122. The number of ether oxygens (including phenoxy) is 1. The third-order valence-corrected chi connectivity index (χ3v) is 4.89. The second-order valence-electron chi connectivity index (χ2n) is 7.10. The molecule has 6 nitrogen and oxygen atoms in total. The van der Waals surface area contributed by atoms with Gasteiger partial charge in [0.25, 0.3) is 0 Å².